The van der Waals surface area contributed by atoms with Crippen LogP contribution < -0.4 is 5.32 Å². The fourth-order valence-electron chi connectivity index (χ4n) is 2.30. The highest BCUT2D eigenvalue weighted by atomic mass is 16.6. The molecule has 2 amide bonds. The van der Waals surface area contributed by atoms with Crippen LogP contribution >= 0.6 is 0 Å². The van der Waals surface area contributed by atoms with Crippen LogP contribution in [0.1, 0.15) is 18.9 Å². The second kappa shape index (κ2) is 6.53. The zero-order valence-corrected chi connectivity index (χ0v) is 12.2. The van der Waals surface area contributed by atoms with Crippen molar-refractivity contribution in [2.24, 2.45) is 0 Å². The number of anilines is 1. The molecule has 1 aromatic rings. The van der Waals surface area contributed by atoms with Crippen LogP contribution in [0.4, 0.5) is 16.2 Å². The molecule has 0 spiro atoms. The van der Waals surface area contributed by atoms with Crippen LogP contribution in [-0.2, 0) is 4.74 Å². The van der Waals surface area contributed by atoms with Gasteiger partial charge in [0.1, 0.15) is 0 Å². The maximum absolute atomic E-state index is 12.3. The van der Waals surface area contributed by atoms with E-state index >= 15 is 0 Å². The molecule has 7 nitrogen and oxygen atoms in total. The van der Waals surface area contributed by atoms with E-state index in [0.29, 0.717) is 30.9 Å². The number of nitro groups is 1. The molecular formula is C14H19N3O4. The van der Waals surface area contributed by atoms with Crippen LogP contribution in [0.25, 0.3) is 0 Å². The van der Waals surface area contributed by atoms with E-state index in [-0.39, 0.29) is 17.8 Å². The lowest BCUT2D eigenvalue weighted by Gasteiger charge is -2.32. The van der Waals surface area contributed by atoms with Crippen LogP contribution in [0.15, 0.2) is 18.2 Å². The van der Waals surface area contributed by atoms with Gasteiger partial charge in [0, 0.05) is 19.2 Å². The average molecular weight is 293 g/mol. The van der Waals surface area contributed by atoms with Gasteiger partial charge in [0.15, 0.2) is 0 Å². The molecule has 0 aromatic heterocycles. The van der Waals surface area contributed by atoms with E-state index in [0.717, 1.165) is 6.42 Å². The molecule has 0 unspecified atom stereocenters. The Kier molecular flexibility index (Phi) is 4.74. The topological polar surface area (TPSA) is 84.7 Å². The predicted octanol–water partition coefficient (Wildman–Crippen LogP) is 2.55. The number of hydrogen-bond donors (Lipinski definition) is 1. The van der Waals surface area contributed by atoms with Crippen LogP contribution in [0.2, 0.25) is 0 Å². The van der Waals surface area contributed by atoms with E-state index in [9.17, 15) is 14.9 Å². The van der Waals surface area contributed by atoms with Gasteiger partial charge in [-0.1, -0.05) is 13.0 Å². The Morgan fingerprint density at radius 2 is 2.33 bits per heavy atom. The number of rotatable bonds is 3. The molecule has 2 rings (SSSR count). The van der Waals surface area contributed by atoms with Crippen molar-refractivity contribution in [2.75, 3.05) is 25.0 Å². The number of nitrogens with one attached hydrogen (secondary N) is 1. The van der Waals surface area contributed by atoms with Crippen molar-refractivity contribution in [2.45, 2.75) is 26.4 Å². The highest BCUT2D eigenvalue weighted by molar-refractivity contribution is 5.90. The first kappa shape index (κ1) is 15.2. The van der Waals surface area contributed by atoms with Crippen molar-refractivity contribution < 1.29 is 14.5 Å². The SMILES string of the molecule is CC[C@H]1CN(C(=O)Nc2cccc([N+](=O)[O-])c2C)CCO1. The molecule has 114 valence electrons. The number of carbonyl (C=O) groups excluding carboxylic acids is 1. The monoisotopic (exact) mass is 293 g/mol. The van der Waals surface area contributed by atoms with E-state index in [2.05, 4.69) is 5.32 Å². The molecule has 1 aromatic carbocycles. The third kappa shape index (κ3) is 3.49. The van der Waals surface area contributed by atoms with E-state index < -0.39 is 4.92 Å². The summed E-state index contributed by atoms with van der Waals surface area (Å²) in [6.07, 6.45) is 0.898. The summed E-state index contributed by atoms with van der Waals surface area (Å²) in [5.41, 5.74) is 0.922. The lowest BCUT2D eigenvalue weighted by atomic mass is 10.1. The molecule has 0 bridgehead atoms. The standard InChI is InChI=1S/C14H19N3O4/c1-3-11-9-16(7-8-21-11)14(18)15-12-5-4-6-13(10(12)2)17(19)20/h4-6,11H,3,7-9H2,1-2H3,(H,15,18)/t11-/m0/s1. The molecule has 1 heterocycles. The summed E-state index contributed by atoms with van der Waals surface area (Å²) >= 11 is 0. The van der Waals surface area contributed by atoms with Crippen molar-refractivity contribution >= 4 is 17.4 Å². The first-order valence-electron chi connectivity index (χ1n) is 6.94. The summed E-state index contributed by atoms with van der Waals surface area (Å²) in [7, 11) is 0. The summed E-state index contributed by atoms with van der Waals surface area (Å²) in [5.74, 6) is 0. The number of hydrogen-bond acceptors (Lipinski definition) is 4. The number of nitrogens with zero attached hydrogens (tertiary/aromatic N) is 2. The minimum absolute atomic E-state index is 0.00112. The quantitative estimate of drug-likeness (QED) is 0.685. The van der Waals surface area contributed by atoms with Crippen molar-refractivity contribution in [1.82, 2.24) is 4.90 Å². The molecule has 21 heavy (non-hydrogen) atoms. The smallest absolute Gasteiger partial charge is 0.322 e. The van der Waals surface area contributed by atoms with Gasteiger partial charge in [0.25, 0.3) is 5.69 Å². The molecule has 7 heteroatoms. The molecule has 1 atom stereocenters. The van der Waals surface area contributed by atoms with Crippen LogP contribution in [0.3, 0.4) is 0 Å². The molecule has 1 fully saturated rings. The summed E-state index contributed by atoms with van der Waals surface area (Å²) in [6.45, 7) is 5.21. The first-order chi connectivity index (χ1) is 10.0. The van der Waals surface area contributed by atoms with Crippen molar-refractivity contribution in [3.63, 3.8) is 0 Å². The minimum Gasteiger partial charge on any atom is -0.375 e. The second-order valence-corrected chi connectivity index (χ2v) is 4.98. The number of amides is 2. The Morgan fingerprint density at radius 3 is 3.00 bits per heavy atom. The number of urea groups is 1. The van der Waals surface area contributed by atoms with Crippen LogP contribution in [0.5, 0.6) is 0 Å². The summed E-state index contributed by atoms with van der Waals surface area (Å²) in [5, 5.41) is 13.7. The molecule has 0 radical (unpaired) electrons. The van der Waals surface area contributed by atoms with Crippen LogP contribution in [0, 0.1) is 17.0 Å². The number of morpholine rings is 1. The number of benzene rings is 1. The van der Waals surface area contributed by atoms with Gasteiger partial charge in [-0.25, -0.2) is 4.79 Å². The number of nitro benzene ring substituents is 1. The van der Waals surface area contributed by atoms with E-state index in [1.54, 1.807) is 24.0 Å². The molecule has 0 aliphatic carbocycles. The largest absolute Gasteiger partial charge is 0.375 e. The minimum atomic E-state index is -0.452. The van der Waals surface area contributed by atoms with Gasteiger partial charge >= 0.3 is 6.03 Å². The predicted molar refractivity (Wildman–Crippen MR) is 78.5 cm³/mol. The maximum Gasteiger partial charge on any atom is 0.322 e. The molecule has 1 aliphatic heterocycles. The van der Waals surface area contributed by atoms with Gasteiger partial charge in [0.2, 0.25) is 0 Å². The summed E-state index contributed by atoms with van der Waals surface area (Å²) in [6, 6.07) is 4.40. The van der Waals surface area contributed by atoms with Crippen LogP contribution in [-0.4, -0.2) is 41.7 Å². The van der Waals surface area contributed by atoms with Crippen molar-refractivity contribution in [3.05, 3.63) is 33.9 Å². The summed E-state index contributed by atoms with van der Waals surface area (Å²) < 4.78 is 5.52. The molecule has 1 N–H and O–H groups in total. The Bertz CT molecular complexity index is 547. The van der Waals surface area contributed by atoms with Gasteiger partial charge in [-0.3, -0.25) is 10.1 Å². The number of ether oxygens (including phenoxy) is 1. The Labute approximate surface area is 123 Å². The van der Waals surface area contributed by atoms with E-state index in [4.69, 9.17) is 4.74 Å². The lowest BCUT2D eigenvalue weighted by Crippen LogP contribution is -2.47. The van der Waals surface area contributed by atoms with E-state index in [1.807, 2.05) is 6.92 Å². The van der Waals surface area contributed by atoms with Gasteiger partial charge in [-0.15, -0.1) is 0 Å². The maximum atomic E-state index is 12.3. The van der Waals surface area contributed by atoms with Crippen molar-refractivity contribution in [3.8, 4) is 0 Å². The average Bonchev–Trinajstić information content (AvgIpc) is 2.49. The normalized spacial score (nSPS) is 18.4. The molecule has 1 aliphatic rings. The zero-order chi connectivity index (χ0) is 15.4. The molecule has 1 saturated heterocycles. The third-order valence-electron chi connectivity index (χ3n) is 3.62. The van der Waals surface area contributed by atoms with Gasteiger partial charge in [0.05, 0.1) is 28.9 Å². The first-order valence-corrected chi connectivity index (χ1v) is 6.94. The Morgan fingerprint density at radius 1 is 1.57 bits per heavy atom. The van der Waals surface area contributed by atoms with Gasteiger partial charge < -0.3 is 15.0 Å². The van der Waals surface area contributed by atoms with Crippen molar-refractivity contribution in [1.29, 1.82) is 0 Å². The van der Waals surface area contributed by atoms with Gasteiger partial charge in [-0.2, -0.15) is 0 Å². The van der Waals surface area contributed by atoms with E-state index in [1.165, 1.54) is 6.07 Å². The molecular weight excluding hydrogens is 274 g/mol. The summed E-state index contributed by atoms with van der Waals surface area (Å²) in [4.78, 5) is 24.4. The second-order valence-electron chi connectivity index (χ2n) is 4.98. The fraction of sp³-hybridized carbons (Fsp3) is 0.500. The Balaban J connectivity index is 2.09. The highest BCUT2D eigenvalue weighted by Gasteiger charge is 2.24. The number of carbonyl (C=O) groups is 1. The highest BCUT2D eigenvalue weighted by Crippen LogP contribution is 2.25. The fourth-order valence-corrected chi connectivity index (χ4v) is 2.30. The van der Waals surface area contributed by atoms with Gasteiger partial charge in [-0.05, 0) is 19.4 Å². The zero-order valence-electron chi connectivity index (χ0n) is 12.2. The lowest BCUT2D eigenvalue weighted by molar-refractivity contribution is -0.385. The Hall–Kier alpha value is -2.15. The molecule has 0 saturated carbocycles. The third-order valence-corrected chi connectivity index (χ3v) is 3.62.